The lowest BCUT2D eigenvalue weighted by atomic mass is 10.2. The maximum atomic E-state index is 12.3. The van der Waals surface area contributed by atoms with Crippen molar-refractivity contribution in [2.75, 3.05) is 39.9 Å². The van der Waals surface area contributed by atoms with Gasteiger partial charge in [0.25, 0.3) is 5.91 Å². The van der Waals surface area contributed by atoms with Gasteiger partial charge < -0.3 is 14.5 Å². The topological polar surface area (TPSA) is 62.7 Å². The Balaban J connectivity index is 1.96. The fourth-order valence-electron chi connectivity index (χ4n) is 2.07. The molecule has 6 nitrogen and oxygen atoms in total. The summed E-state index contributed by atoms with van der Waals surface area (Å²) in [6, 6.07) is 3.56. The minimum Gasteiger partial charge on any atom is -0.375 e. The van der Waals surface area contributed by atoms with Crippen molar-refractivity contribution in [1.82, 2.24) is 14.8 Å². The minimum absolute atomic E-state index is 0.0429. The Morgan fingerprint density at radius 3 is 2.55 bits per heavy atom. The quantitative estimate of drug-likeness (QED) is 0.814. The van der Waals surface area contributed by atoms with Crippen LogP contribution in [0.4, 0.5) is 0 Å². The van der Waals surface area contributed by atoms with Crippen molar-refractivity contribution in [3.8, 4) is 0 Å². The van der Waals surface area contributed by atoms with Gasteiger partial charge in [-0.15, -0.1) is 0 Å². The molecule has 2 rings (SSSR count). The standard InChI is InChI=1S/C13H16BrN3O3/c1-20-9-11(18)16-5-7-17(8-6-16)13(19)12-10(14)3-2-4-15-12/h2-4H,5-9H2,1H3. The van der Waals surface area contributed by atoms with Gasteiger partial charge in [0.15, 0.2) is 0 Å². The summed E-state index contributed by atoms with van der Waals surface area (Å²) in [6.45, 7) is 2.16. The van der Waals surface area contributed by atoms with E-state index < -0.39 is 0 Å². The number of hydrogen-bond acceptors (Lipinski definition) is 4. The van der Waals surface area contributed by atoms with Crippen LogP contribution in [0.15, 0.2) is 22.8 Å². The van der Waals surface area contributed by atoms with E-state index >= 15 is 0 Å². The second-order valence-corrected chi connectivity index (χ2v) is 5.29. The van der Waals surface area contributed by atoms with E-state index in [0.29, 0.717) is 36.3 Å². The molecule has 2 heterocycles. The van der Waals surface area contributed by atoms with Gasteiger partial charge in [0.1, 0.15) is 12.3 Å². The highest BCUT2D eigenvalue weighted by atomic mass is 79.9. The number of nitrogens with zero attached hydrogens (tertiary/aromatic N) is 3. The summed E-state index contributed by atoms with van der Waals surface area (Å²) < 4.78 is 5.51. The summed E-state index contributed by atoms with van der Waals surface area (Å²) >= 11 is 3.33. The first-order valence-electron chi connectivity index (χ1n) is 6.30. The average Bonchev–Trinajstić information content (AvgIpc) is 2.47. The van der Waals surface area contributed by atoms with Gasteiger partial charge in [-0.2, -0.15) is 0 Å². The van der Waals surface area contributed by atoms with E-state index in [0.717, 1.165) is 0 Å². The molecule has 108 valence electrons. The fourth-order valence-corrected chi connectivity index (χ4v) is 2.49. The van der Waals surface area contributed by atoms with Gasteiger partial charge in [0.05, 0.1) is 0 Å². The van der Waals surface area contributed by atoms with E-state index in [1.165, 1.54) is 7.11 Å². The van der Waals surface area contributed by atoms with Crippen LogP contribution in [0.25, 0.3) is 0 Å². The summed E-state index contributed by atoms with van der Waals surface area (Å²) in [6.07, 6.45) is 1.59. The lowest BCUT2D eigenvalue weighted by Gasteiger charge is -2.34. The van der Waals surface area contributed by atoms with Gasteiger partial charge in [-0.05, 0) is 28.1 Å². The second-order valence-electron chi connectivity index (χ2n) is 4.44. The lowest BCUT2D eigenvalue weighted by molar-refractivity contribution is -0.136. The van der Waals surface area contributed by atoms with Crippen molar-refractivity contribution < 1.29 is 14.3 Å². The molecule has 1 fully saturated rings. The van der Waals surface area contributed by atoms with Crippen molar-refractivity contribution in [2.24, 2.45) is 0 Å². The molecule has 1 aromatic rings. The summed E-state index contributed by atoms with van der Waals surface area (Å²) in [4.78, 5) is 31.5. The Bertz CT molecular complexity index is 501. The minimum atomic E-state index is -0.115. The Morgan fingerprint density at radius 2 is 1.95 bits per heavy atom. The molecular formula is C13H16BrN3O3. The molecule has 1 aliphatic rings. The number of pyridine rings is 1. The van der Waals surface area contributed by atoms with E-state index in [1.54, 1.807) is 28.1 Å². The van der Waals surface area contributed by atoms with Crippen LogP contribution in [0.1, 0.15) is 10.5 Å². The van der Waals surface area contributed by atoms with Crippen LogP contribution >= 0.6 is 15.9 Å². The van der Waals surface area contributed by atoms with E-state index in [2.05, 4.69) is 20.9 Å². The summed E-state index contributed by atoms with van der Waals surface area (Å²) in [7, 11) is 1.50. The molecule has 20 heavy (non-hydrogen) atoms. The Morgan fingerprint density at radius 1 is 1.30 bits per heavy atom. The number of aromatic nitrogens is 1. The third kappa shape index (κ3) is 3.34. The van der Waals surface area contributed by atoms with Crippen molar-refractivity contribution >= 4 is 27.7 Å². The maximum absolute atomic E-state index is 12.3. The molecule has 0 bridgehead atoms. The molecule has 7 heteroatoms. The first-order chi connectivity index (χ1) is 9.63. The van der Waals surface area contributed by atoms with Gasteiger partial charge in [0, 0.05) is 44.0 Å². The van der Waals surface area contributed by atoms with Gasteiger partial charge in [0.2, 0.25) is 5.91 Å². The first kappa shape index (κ1) is 14.9. The molecule has 0 radical (unpaired) electrons. The monoisotopic (exact) mass is 341 g/mol. The molecule has 0 atom stereocenters. The van der Waals surface area contributed by atoms with E-state index in [-0.39, 0.29) is 18.4 Å². The molecule has 0 spiro atoms. The van der Waals surface area contributed by atoms with Gasteiger partial charge in [-0.25, -0.2) is 4.98 Å². The Hall–Kier alpha value is -1.47. The highest BCUT2D eigenvalue weighted by Gasteiger charge is 2.26. The predicted octanol–water partition coefficient (Wildman–Crippen LogP) is 0.775. The molecule has 0 aromatic carbocycles. The number of carbonyl (C=O) groups is 2. The van der Waals surface area contributed by atoms with Crippen LogP contribution in [-0.2, 0) is 9.53 Å². The second kappa shape index (κ2) is 6.81. The van der Waals surface area contributed by atoms with Crippen molar-refractivity contribution in [1.29, 1.82) is 0 Å². The number of hydrogen-bond donors (Lipinski definition) is 0. The smallest absolute Gasteiger partial charge is 0.273 e. The summed E-state index contributed by atoms with van der Waals surface area (Å²) in [5, 5.41) is 0. The highest BCUT2D eigenvalue weighted by Crippen LogP contribution is 2.16. The maximum Gasteiger partial charge on any atom is 0.273 e. The van der Waals surface area contributed by atoms with Crippen LogP contribution < -0.4 is 0 Å². The number of carbonyl (C=O) groups excluding carboxylic acids is 2. The average molecular weight is 342 g/mol. The van der Waals surface area contributed by atoms with Gasteiger partial charge >= 0.3 is 0 Å². The number of amides is 2. The number of rotatable bonds is 3. The molecule has 0 unspecified atom stereocenters. The number of ether oxygens (including phenoxy) is 1. The Labute approximate surface area is 125 Å². The molecule has 1 aliphatic heterocycles. The zero-order valence-corrected chi connectivity index (χ0v) is 12.8. The fraction of sp³-hybridized carbons (Fsp3) is 0.462. The summed E-state index contributed by atoms with van der Waals surface area (Å²) in [5.74, 6) is -0.157. The molecular weight excluding hydrogens is 326 g/mol. The number of methoxy groups -OCH3 is 1. The van der Waals surface area contributed by atoms with Crippen molar-refractivity contribution in [3.63, 3.8) is 0 Å². The normalized spacial score (nSPS) is 15.3. The molecule has 0 N–H and O–H groups in total. The van der Waals surface area contributed by atoms with Gasteiger partial charge in [-0.1, -0.05) is 0 Å². The third-order valence-electron chi connectivity index (χ3n) is 3.15. The third-order valence-corrected chi connectivity index (χ3v) is 3.79. The largest absolute Gasteiger partial charge is 0.375 e. The van der Waals surface area contributed by atoms with Gasteiger partial charge in [-0.3, -0.25) is 9.59 Å². The van der Waals surface area contributed by atoms with Crippen molar-refractivity contribution in [2.45, 2.75) is 0 Å². The molecule has 0 aliphatic carbocycles. The summed E-state index contributed by atoms with van der Waals surface area (Å²) in [5.41, 5.74) is 0.407. The van der Waals surface area contributed by atoms with E-state index in [9.17, 15) is 9.59 Å². The molecule has 2 amide bonds. The van der Waals surface area contributed by atoms with E-state index in [1.807, 2.05) is 0 Å². The van der Waals surface area contributed by atoms with Crippen molar-refractivity contribution in [3.05, 3.63) is 28.5 Å². The highest BCUT2D eigenvalue weighted by molar-refractivity contribution is 9.10. The molecule has 0 saturated carbocycles. The zero-order chi connectivity index (χ0) is 14.5. The van der Waals surface area contributed by atoms with Crippen LogP contribution in [0, 0.1) is 0 Å². The molecule has 1 aromatic heterocycles. The van der Waals surface area contributed by atoms with Crippen LogP contribution in [0.3, 0.4) is 0 Å². The molecule has 1 saturated heterocycles. The van der Waals surface area contributed by atoms with Crippen LogP contribution in [-0.4, -0.2) is 66.5 Å². The number of piperazine rings is 1. The zero-order valence-electron chi connectivity index (χ0n) is 11.2. The van der Waals surface area contributed by atoms with E-state index in [4.69, 9.17) is 4.74 Å². The Kier molecular flexibility index (Phi) is 5.08. The number of halogens is 1. The van der Waals surface area contributed by atoms with Crippen LogP contribution in [0.2, 0.25) is 0 Å². The lowest BCUT2D eigenvalue weighted by Crippen LogP contribution is -2.51. The van der Waals surface area contributed by atoms with Crippen LogP contribution in [0.5, 0.6) is 0 Å². The SMILES string of the molecule is COCC(=O)N1CCN(C(=O)c2ncccc2Br)CC1. The first-order valence-corrected chi connectivity index (χ1v) is 7.09. The predicted molar refractivity (Wildman–Crippen MR) is 76.3 cm³/mol.